The van der Waals surface area contributed by atoms with Gasteiger partial charge in [-0.2, -0.15) is 0 Å². The number of thiophene rings is 1. The standard InChI is InChI=1S/C23H19N5O2S/c1-14-24-18-12-15(8-9-19(18)28(14)16-6-4-3-5-7-16)23(30)27(2)13-20-25-17-10-11-31-21(17)22(29)26-20/h3-12H,13H2,1-2H3,(H,25,26,29). The highest BCUT2D eigenvalue weighted by atomic mass is 32.1. The summed E-state index contributed by atoms with van der Waals surface area (Å²) in [5.74, 6) is 1.14. The number of aromatic amines is 1. The van der Waals surface area contributed by atoms with E-state index in [1.54, 1.807) is 30.1 Å². The van der Waals surface area contributed by atoms with Crippen molar-refractivity contribution in [3.05, 3.63) is 87.5 Å². The number of nitrogens with one attached hydrogen (secondary N) is 1. The van der Waals surface area contributed by atoms with Crippen LogP contribution in [0.2, 0.25) is 0 Å². The molecule has 0 fully saturated rings. The zero-order valence-corrected chi connectivity index (χ0v) is 17.8. The predicted molar refractivity (Wildman–Crippen MR) is 122 cm³/mol. The van der Waals surface area contributed by atoms with Crippen molar-refractivity contribution in [1.29, 1.82) is 0 Å². The van der Waals surface area contributed by atoms with Gasteiger partial charge in [0.05, 0.1) is 23.1 Å². The number of benzene rings is 2. The molecule has 3 heterocycles. The smallest absolute Gasteiger partial charge is 0.268 e. The number of para-hydroxylation sites is 1. The molecule has 0 spiro atoms. The average Bonchev–Trinajstić information content (AvgIpc) is 3.37. The van der Waals surface area contributed by atoms with Crippen LogP contribution in [0.15, 0.2) is 64.8 Å². The fourth-order valence-corrected chi connectivity index (χ4v) is 4.48. The second-order valence-electron chi connectivity index (χ2n) is 7.34. The Hall–Kier alpha value is -3.78. The fraction of sp³-hybridized carbons (Fsp3) is 0.130. The zero-order chi connectivity index (χ0) is 21.5. The Morgan fingerprint density at radius 2 is 1.90 bits per heavy atom. The van der Waals surface area contributed by atoms with Gasteiger partial charge in [0.1, 0.15) is 16.3 Å². The first-order valence-electron chi connectivity index (χ1n) is 9.77. The third-order valence-electron chi connectivity index (χ3n) is 5.18. The van der Waals surface area contributed by atoms with E-state index >= 15 is 0 Å². The number of carbonyl (C=O) groups excluding carboxylic acids is 1. The molecule has 3 aromatic heterocycles. The number of H-pyrrole nitrogens is 1. The third kappa shape index (κ3) is 3.40. The van der Waals surface area contributed by atoms with Crippen molar-refractivity contribution in [2.75, 3.05) is 7.05 Å². The fourth-order valence-electron chi connectivity index (χ4n) is 3.75. The molecule has 8 heteroatoms. The number of hydrogen-bond donors (Lipinski definition) is 1. The maximum absolute atomic E-state index is 13.0. The highest BCUT2D eigenvalue weighted by Crippen LogP contribution is 2.23. The second kappa shape index (κ2) is 7.48. The summed E-state index contributed by atoms with van der Waals surface area (Å²) >= 11 is 1.35. The summed E-state index contributed by atoms with van der Waals surface area (Å²) in [4.78, 5) is 38.6. The van der Waals surface area contributed by atoms with Gasteiger partial charge in [-0.25, -0.2) is 9.97 Å². The van der Waals surface area contributed by atoms with Crippen LogP contribution in [-0.4, -0.2) is 37.4 Å². The van der Waals surface area contributed by atoms with Gasteiger partial charge in [-0.15, -0.1) is 11.3 Å². The first-order valence-corrected chi connectivity index (χ1v) is 10.7. The summed E-state index contributed by atoms with van der Waals surface area (Å²) in [6.45, 7) is 2.15. The molecule has 31 heavy (non-hydrogen) atoms. The summed E-state index contributed by atoms with van der Waals surface area (Å²) in [5.41, 5.74) is 3.72. The Labute approximate surface area is 181 Å². The lowest BCUT2D eigenvalue weighted by Crippen LogP contribution is -2.28. The van der Waals surface area contributed by atoms with Crippen molar-refractivity contribution >= 4 is 38.5 Å². The lowest BCUT2D eigenvalue weighted by Gasteiger charge is -2.16. The molecule has 154 valence electrons. The van der Waals surface area contributed by atoms with Gasteiger partial charge in [-0.3, -0.25) is 14.2 Å². The minimum atomic E-state index is -0.181. The van der Waals surface area contributed by atoms with E-state index in [1.165, 1.54) is 11.3 Å². The van der Waals surface area contributed by atoms with Crippen LogP contribution in [0.1, 0.15) is 22.0 Å². The van der Waals surface area contributed by atoms with Crippen LogP contribution in [0, 0.1) is 6.92 Å². The first-order chi connectivity index (χ1) is 15.0. The van der Waals surface area contributed by atoms with Crippen molar-refractivity contribution in [1.82, 2.24) is 24.4 Å². The minimum absolute atomic E-state index is 0.165. The lowest BCUT2D eigenvalue weighted by atomic mass is 10.1. The summed E-state index contributed by atoms with van der Waals surface area (Å²) in [6, 6.07) is 17.3. The summed E-state index contributed by atoms with van der Waals surface area (Å²) < 4.78 is 2.66. The van der Waals surface area contributed by atoms with E-state index in [-0.39, 0.29) is 18.0 Å². The molecule has 1 amide bonds. The molecule has 5 aromatic rings. The van der Waals surface area contributed by atoms with E-state index in [0.29, 0.717) is 21.6 Å². The van der Waals surface area contributed by atoms with Crippen LogP contribution in [0.4, 0.5) is 0 Å². The maximum Gasteiger partial charge on any atom is 0.268 e. The number of aryl methyl sites for hydroxylation is 1. The van der Waals surface area contributed by atoms with Gasteiger partial charge in [0.25, 0.3) is 11.5 Å². The van der Waals surface area contributed by atoms with Crippen LogP contribution in [-0.2, 0) is 6.54 Å². The van der Waals surface area contributed by atoms with E-state index in [1.807, 2.05) is 48.7 Å². The predicted octanol–water partition coefficient (Wildman–Crippen LogP) is 3.90. The highest BCUT2D eigenvalue weighted by molar-refractivity contribution is 7.17. The third-order valence-corrected chi connectivity index (χ3v) is 6.08. The average molecular weight is 430 g/mol. The quantitative estimate of drug-likeness (QED) is 0.470. The SMILES string of the molecule is Cc1nc2cc(C(=O)N(C)Cc3nc4ccsc4c(=O)[nH]3)ccc2n1-c1ccccc1. The lowest BCUT2D eigenvalue weighted by molar-refractivity contribution is 0.0781. The highest BCUT2D eigenvalue weighted by Gasteiger charge is 2.17. The molecule has 0 saturated heterocycles. The van der Waals surface area contributed by atoms with Crippen LogP contribution in [0.5, 0.6) is 0 Å². The van der Waals surface area contributed by atoms with Crippen molar-refractivity contribution in [2.24, 2.45) is 0 Å². The molecule has 2 aromatic carbocycles. The van der Waals surface area contributed by atoms with Gasteiger partial charge < -0.3 is 9.88 Å². The van der Waals surface area contributed by atoms with Crippen LogP contribution < -0.4 is 5.56 Å². The van der Waals surface area contributed by atoms with Crippen LogP contribution in [0.3, 0.4) is 0 Å². The van der Waals surface area contributed by atoms with E-state index in [9.17, 15) is 9.59 Å². The second-order valence-corrected chi connectivity index (χ2v) is 8.26. The Morgan fingerprint density at radius 3 is 2.71 bits per heavy atom. The molecule has 0 saturated carbocycles. The van der Waals surface area contributed by atoms with E-state index in [2.05, 4.69) is 19.5 Å². The van der Waals surface area contributed by atoms with E-state index < -0.39 is 0 Å². The molecule has 0 bridgehead atoms. The van der Waals surface area contributed by atoms with Gasteiger partial charge in [0, 0.05) is 18.3 Å². The van der Waals surface area contributed by atoms with Gasteiger partial charge in [0.15, 0.2) is 0 Å². The van der Waals surface area contributed by atoms with Crippen molar-refractivity contribution < 1.29 is 4.79 Å². The number of carbonyl (C=O) groups is 1. The van der Waals surface area contributed by atoms with Gasteiger partial charge in [0.2, 0.25) is 0 Å². The van der Waals surface area contributed by atoms with Crippen LogP contribution >= 0.6 is 11.3 Å². The molecule has 0 unspecified atom stereocenters. The largest absolute Gasteiger partial charge is 0.334 e. The molecule has 0 radical (unpaired) electrons. The number of nitrogens with zero attached hydrogens (tertiary/aromatic N) is 4. The number of fused-ring (bicyclic) bond motifs is 2. The Morgan fingerprint density at radius 1 is 1.10 bits per heavy atom. The molecule has 5 rings (SSSR count). The van der Waals surface area contributed by atoms with E-state index in [4.69, 9.17) is 0 Å². The minimum Gasteiger partial charge on any atom is -0.334 e. The zero-order valence-electron chi connectivity index (χ0n) is 17.0. The van der Waals surface area contributed by atoms with Gasteiger partial charge >= 0.3 is 0 Å². The first kappa shape index (κ1) is 19.2. The topological polar surface area (TPSA) is 83.9 Å². The molecular formula is C23H19N5O2S. The maximum atomic E-state index is 13.0. The summed E-state index contributed by atoms with van der Waals surface area (Å²) in [6.07, 6.45) is 0. The normalized spacial score (nSPS) is 11.3. The molecule has 0 aliphatic carbocycles. The van der Waals surface area contributed by atoms with Gasteiger partial charge in [-0.05, 0) is 48.7 Å². The summed E-state index contributed by atoms with van der Waals surface area (Å²) in [7, 11) is 1.69. The van der Waals surface area contributed by atoms with Crippen LogP contribution in [0.25, 0.3) is 26.9 Å². The molecule has 1 N–H and O–H groups in total. The summed E-state index contributed by atoms with van der Waals surface area (Å²) in [5, 5.41) is 1.83. The monoisotopic (exact) mass is 429 g/mol. The van der Waals surface area contributed by atoms with Crippen molar-refractivity contribution in [3.63, 3.8) is 0 Å². The Balaban J connectivity index is 1.44. The number of hydrogen-bond acceptors (Lipinski definition) is 5. The molecule has 0 aliphatic rings. The number of rotatable bonds is 4. The molecular weight excluding hydrogens is 410 g/mol. The van der Waals surface area contributed by atoms with Crippen molar-refractivity contribution in [3.8, 4) is 5.69 Å². The number of imidazole rings is 1. The molecule has 0 aliphatic heterocycles. The molecule has 0 atom stereocenters. The van der Waals surface area contributed by atoms with E-state index in [0.717, 1.165) is 22.5 Å². The Bertz CT molecular complexity index is 1480. The number of amides is 1. The Kier molecular flexibility index (Phi) is 4.63. The molecule has 7 nitrogen and oxygen atoms in total. The number of aromatic nitrogens is 4. The van der Waals surface area contributed by atoms with Crippen molar-refractivity contribution in [2.45, 2.75) is 13.5 Å². The van der Waals surface area contributed by atoms with Gasteiger partial charge in [-0.1, -0.05) is 18.2 Å².